The van der Waals surface area contributed by atoms with E-state index < -0.39 is 47.4 Å². The molecular formula is C22H15F4N5O2. The number of halogens is 4. The molecule has 4 rings (SSSR count). The van der Waals surface area contributed by atoms with Gasteiger partial charge >= 0.3 is 6.18 Å². The molecule has 3 aromatic rings. The van der Waals surface area contributed by atoms with Gasteiger partial charge in [0.2, 0.25) is 5.91 Å². The van der Waals surface area contributed by atoms with Gasteiger partial charge in [0.15, 0.2) is 0 Å². The van der Waals surface area contributed by atoms with Crippen molar-refractivity contribution in [3.63, 3.8) is 0 Å². The number of H-pyrrole nitrogens is 1. The van der Waals surface area contributed by atoms with E-state index in [1.165, 1.54) is 30.5 Å². The van der Waals surface area contributed by atoms with Crippen LogP contribution >= 0.6 is 0 Å². The topological polar surface area (TPSA) is 116 Å². The summed E-state index contributed by atoms with van der Waals surface area (Å²) in [5.41, 5.74) is 3.00. The summed E-state index contributed by atoms with van der Waals surface area (Å²) >= 11 is 0. The first-order valence-electron chi connectivity index (χ1n) is 9.57. The number of hydrogen-bond acceptors (Lipinski definition) is 4. The van der Waals surface area contributed by atoms with Crippen LogP contribution < -0.4 is 5.73 Å². The summed E-state index contributed by atoms with van der Waals surface area (Å²) in [5.74, 6) is -4.46. The highest BCUT2D eigenvalue weighted by Crippen LogP contribution is 2.52. The van der Waals surface area contributed by atoms with Gasteiger partial charge in [-0.15, -0.1) is 0 Å². The molecule has 2 atom stereocenters. The number of alkyl halides is 3. The van der Waals surface area contributed by atoms with Gasteiger partial charge < -0.3 is 10.6 Å². The van der Waals surface area contributed by atoms with E-state index in [-0.39, 0.29) is 22.3 Å². The summed E-state index contributed by atoms with van der Waals surface area (Å²) in [6.45, 7) is -1.74. The first-order chi connectivity index (χ1) is 15.6. The number of carbonyl (C=O) groups is 2. The maximum Gasteiger partial charge on any atom is 0.406 e. The number of primary amides is 1. The molecule has 168 valence electrons. The molecule has 2 heterocycles. The van der Waals surface area contributed by atoms with Crippen LogP contribution in [0.25, 0.3) is 0 Å². The standard InChI is InChI=1S/C22H15F4N5O2/c23-17-6-5-13(7-12(17)8-27)22(14-9-29-30-10-14)18(19(28)32)15-3-1-2-4-16(15)20(33)31(22)11-21(24,25)26/h1-7,9-10,18H,11H2,(H2,28,32)(H,29,30). The Kier molecular flexibility index (Phi) is 5.16. The number of rotatable bonds is 4. The lowest BCUT2D eigenvalue weighted by molar-refractivity contribution is -0.154. The van der Waals surface area contributed by atoms with Crippen LogP contribution in [0.3, 0.4) is 0 Å². The first kappa shape index (κ1) is 22.0. The Labute approximate surface area is 184 Å². The van der Waals surface area contributed by atoms with Gasteiger partial charge in [-0.05, 0) is 29.3 Å². The second-order valence-corrected chi connectivity index (χ2v) is 7.49. The number of carbonyl (C=O) groups excluding carboxylic acids is 2. The zero-order valence-electron chi connectivity index (χ0n) is 16.7. The van der Waals surface area contributed by atoms with Crippen LogP contribution in [0.15, 0.2) is 54.9 Å². The van der Waals surface area contributed by atoms with E-state index in [1.807, 2.05) is 0 Å². The molecule has 11 heteroatoms. The molecule has 0 saturated heterocycles. The number of nitrogens with zero attached hydrogens (tertiary/aromatic N) is 3. The normalized spacial score (nSPS) is 20.3. The van der Waals surface area contributed by atoms with E-state index in [0.29, 0.717) is 4.90 Å². The summed E-state index contributed by atoms with van der Waals surface area (Å²) in [5, 5.41) is 15.6. The van der Waals surface area contributed by atoms with Crippen molar-refractivity contribution in [2.24, 2.45) is 5.73 Å². The van der Waals surface area contributed by atoms with Gasteiger partial charge in [0.1, 0.15) is 24.0 Å². The third kappa shape index (κ3) is 3.40. The Balaban J connectivity index is 2.18. The number of aromatic nitrogens is 2. The monoisotopic (exact) mass is 457 g/mol. The minimum Gasteiger partial charge on any atom is -0.369 e. The van der Waals surface area contributed by atoms with E-state index in [1.54, 1.807) is 6.07 Å². The molecule has 0 aliphatic carbocycles. The lowest BCUT2D eigenvalue weighted by Crippen LogP contribution is -2.61. The van der Waals surface area contributed by atoms with Gasteiger partial charge in [-0.3, -0.25) is 14.7 Å². The lowest BCUT2D eigenvalue weighted by atomic mass is 9.65. The number of benzene rings is 2. The summed E-state index contributed by atoms with van der Waals surface area (Å²) in [6, 6.07) is 10.4. The average Bonchev–Trinajstić information content (AvgIpc) is 3.30. The smallest absolute Gasteiger partial charge is 0.369 e. The Hall–Kier alpha value is -4.20. The largest absolute Gasteiger partial charge is 0.406 e. The molecule has 33 heavy (non-hydrogen) atoms. The number of nitrogens with two attached hydrogens (primary N) is 1. The van der Waals surface area contributed by atoms with Crippen molar-refractivity contribution in [2.75, 3.05) is 6.54 Å². The maximum absolute atomic E-state index is 14.2. The highest BCUT2D eigenvalue weighted by molar-refractivity contribution is 6.02. The predicted octanol–water partition coefficient (Wildman–Crippen LogP) is 2.95. The molecule has 3 N–H and O–H groups in total. The number of fused-ring (bicyclic) bond motifs is 1. The molecule has 2 unspecified atom stereocenters. The van der Waals surface area contributed by atoms with Crippen molar-refractivity contribution in [2.45, 2.75) is 17.6 Å². The predicted molar refractivity (Wildman–Crippen MR) is 106 cm³/mol. The molecule has 0 saturated carbocycles. The van der Waals surface area contributed by atoms with E-state index in [9.17, 15) is 32.4 Å². The molecule has 1 aromatic heterocycles. The Morgan fingerprint density at radius 1 is 1.24 bits per heavy atom. The summed E-state index contributed by atoms with van der Waals surface area (Å²) < 4.78 is 55.5. The average molecular weight is 457 g/mol. The molecule has 1 aliphatic heterocycles. The number of aromatic amines is 1. The summed E-state index contributed by atoms with van der Waals surface area (Å²) in [7, 11) is 0. The maximum atomic E-state index is 14.2. The highest BCUT2D eigenvalue weighted by Gasteiger charge is 2.59. The molecule has 0 spiro atoms. The van der Waals surface area contributed by atoms with E-state index in [4.69, 9.17) is 5.73 Å². The number of amides is 2. The van der Waals surface area contributed by atoms with Crippen molar-refractivity contribution >= 4 is 11.8 Å². The van der Waals surface area contributed by atoms with Crippen molar-refractivity contribution in [3.05, 3.63) is 88.5 Å². The van der Waals surface area contributed by atoms with Gasteiger partial charge in [-0.25, -0.2) is 4.39 Å². The fraction of sp³-hybridized carbons (Fsp3) is 0.182. The number of hydrogen-bond donors (Lipinski definition) is 2. The summed E-state index contributed by atoms with van der Waals surface area (Å²) in [6.07, 6.45) is -2.47. The van der Waals surface area contributed by atoms with Crippen LogP contribution in [-0.4, -0.2) is 39.6 Å². The SMILES string of the molecule is N#Cc1cc(C2(c3cn[nH]c3)C(C(N)=O)c3ccccc3C(=O)N2CC(F)(F)F)ccc1F. The Morgan fingerprint density at radius 2 is 1.97 bits per heavy atom. The van der Waals surface area contributed by atoms with Gasteiger partial charge in [0, 0.05) is 17.3 Å². The Bertz CT molecular complexity index is 1280. The van der Waals surface area contributed by atoms with Crippen molar-refractivity contribution in [1.29, 1.82) is 5.26 Å². The van der Waals surface area contributed by atoms with Crippen LogP contribution in [0.5, 0.6) is 0 Å². The van der Waals surface area contributed by atoms with Crippen LogP contribution in [0.2, 0.25) is 0 Å². The van der Waals surface area contributed by atoms with Crippen molar-refractivity contribution in [1.82, 2.24) is 15.1 Å². The van der Waals surface area contributed by atoms with Gasteiger partial charge in [0.05, 0.1) is 17.7 Å². The van der Waals surface area contributed by atoms with E-state index in [0.717, 1.165) is 24.4 Å². The molecule has 0 radical (unpaired) electrons. The molecular weight excluding hydrogens is 442 g/mol. The third-order valence-electron chi connectivity index (χ3n) is 5.68. The number of nitriles is 1. The molecule has 2 aromatic carbocycles. The van der Waals surface area contributed by atoms with Gasteiger partial charge in [0.25, 0.3) is 5.91 Å². The van der Waals surface area contributed by atoms with Crippen LogP contribution in [0.4, 0.5) is 17.6 Å². The van der Waals surface area contributed by atoms with E-state index in [2.05, 4.69) is 10.2 Å². The second kappa shape index (κ2) is 7.74. The number of nitrogens with one attached hydrogen (secondary N) is 1. The van der Waals surface area contributed by atoms with Gasteiger partial charge in [-0.2, -0.15) is 23.5 Å². The highest BCUT2D eigenvalue weighted by atomic mass is 19.4. The Morgan fingerprint density at radius 3 is 2.58 bits per heavy atom. The van der Waals surface area contributed by atoms with Crippen molar-refractivity contribution < 1.29 is 27.2 Å². The van der Waals surface area contributed by atoms with Crippen LogP contribution in [-0.2, 0) is 10.3 Å². The second-order valence-electron chi connectivity index (χ2n) is 7.49. The fourth-order valence-corrected chi connectivity index (χ4v) is 4.48. The minimum atomic E-state index is -4.86. The van der Waals surface area contributed by atoms with Gasteiger partial charge in [-0.1, -0.05) is 24.3 Å². The molecule has 2 amide bonds. The van der Waals surface area contributed by atoms with Crippen LogP contribution in [0.1, 0.15) is 38.5 Å². The molecule has 7 nitrogen and oxygen atoms in total. The zero-order valence-corrected chi connectivity index (χ0v) is 16.7. The first-order valence-corrected chi connectivity index (χ1v) is 9.57. The van der Waals surface area contributed by atoms with E-state index >= 15 is 0 Å². The van der Waals surface area contributed by atoms with Crippen LogP contribution in [0, 0.1) is 17.1 Å². The molecule has 0 fully saturated rings. The third-order valence-corrected chi connectivity index (χ3v) is 5.68. The molecule has 0 bridgehead atoms. The summed E-state index contributed by atoms with van der Waals surface area (Å²) in [4.78, 5) is 26.8. The zero-order chi connectivity index (χ0) is 24.0. The lowest BCUT2D eigenvalue weighted by Gasteiger charge is -2.51. The molecule has 1 aliphatic rings. The fourth-order valence-electron chi connectivity index (χ4n) is 4.48. The minimum absolute atomic E-state index is 0.00824. The van der Waals surface area contributed by atoms with Crippen molar-refractivity contribution in [3.8, 4) is 6.07 Å². The quantitative estimate of drug-likeness (QED) is 0.586.